The van der Waals surface area contributed by atoms with Gasteiger partial charge in [-0.25, -0.2) is 0 Å². The van der Waals surface area contributed by atoms with E-state index in [0.717, 1.165) is 78.5 Å². The summed E-state index contributed by atoms with van der Waals surface area (Å²) in [5.74, 6) is 1.68. The van der Waals surface area contributed by atoms with Crippen LogP contribution in [0, 0.1) is 0 Å². The average molecular weight is 1440 g/mol. The molecule has 17 aromatic rings. The highest BCUT2D eigenvalue weighted by Gasteiger charge is 2.50. The van der Waals surface area contributed by atoms with Crippen molar-refractivity contribution in [2.24, 2.45) is 0 Å². The van der Waals surface area contributed by atoms with Crippen LogP contribution in [-0.4, -0.2) is 27.4 Å². The molecular formula is C104H83BN2OSi2. The Balaban J connectivity index is 0.952. The first-order chi connectivity index (χ1) is 53.8. The van der Waals surface area contributed by atoms with Gasteiger partial charge < -0.3 is 14.2 Å². The zero-order chi connectivity index (χ0) is 74.3. The fourth-order valence-electron chi connectivity index (χ4n) is 18.1. The van der Waals surface area contributed by atoms with E-state index in [1.54, 1.807) is 0 Å². The second-order valence-electron chi connectivity index (χ2n) is 31.9. The molecule has 0 aliphatic carbocycles. The van der Waals surface area contributed by atoms with Crippen LogP contribution in [0.15, 0.2) is 394 Å². The smallest absolute Gasteiger partial charge is 0.256 e. The van der Waals surface area contributed by atoms with Crippen molar-refractivity contribution in [3.05, 3.63) is 405 Å². The summed E-state index contributed by atoms with van der Waals surface area (Å²) < 4.78 is 10.7. The maximum atomic E-state index is 8.19. The van der Waals surface area contributed by atoms with Gasteiger partial charge in [-0.1, -0.05) is 369 Å². The molecule has 6 heteroatoms. The van der Waals surface area contributed by atoms with E-state index in [-0.39, 0.29) is 17.5 Å². The first-order valence-electron chi connectivity index (χ1n) is 38.6. The quantitative estimate of drug-likeness (QED) is 0.0797. The third kappa shape index (κ3) is 11.5. The highest BCUT2D eigenvalue weighted by molar-refractivity contribution is 7.21. The number of aromatic nitrogens is 1. The number of ether oxygens (including phenoxy) is 1. The summed E-state index contributed by atoms with van der Waals surface area (Å²) in [6.45, 7) is 13.6. The molecule has 526 valence electrons. The number of anilines is 3. The lowest BCUT2D eigenvalue weighted by molar-refractivity contribution is 0.487. The van der Waals surface area contributed by atoms with Crippen molar-refractivity contribution in [2.45, 2.75) is 52.4 Å². The fraction of sp³-hybridized carbons (Fsp3) is 0.0769. The minimum atomic E-state index is -3.45. The Morgan fingerprint density at radius 2 is 0.664 bits per heavy atom. The predicted octanol–water partition coefficient (Wildman–Crippen LogP) is 19.2. The van der Waals surface area contributed by atoms with Crippen LogP contribution in [0.5, 0.6) is 11.5 Å². The van der Waals surface area contributed by atoms with Crippen molar-refractivity contribution in [3.8, 4) is 61.7 Å². The maximum Gasteiger partial charge on any atom is 0.256 e. The molecule has 110 heavy (non-hydrogen) atoms. The first-order valence-corrected chi connectivity index (χ1v) is 42.6. The number of fused-ring (bicyclic) bond motifs is 7. The van der Waals surface area contributed by atoms with Gasteiger partial charge in [0.15, 0.2) is 16.1 Å². The van der Waals surface area contributed by atoms with Crippen LogP contribution < -0.4 is 67.5 Å². The number of rotatable bonds is 14. The maximum absolute atomic E-state index is 8.19. The highest BCUT2D eigenvalue weighted by atomic mass is 28.3. The third-order valence-electron chi connectivity index (χ3n) is 23.4. The van der Waals surface area contributed by atoms with Crippen LogP contribution in [-0.2, 0) is 10.8 Å². The summed E-state index contributed by atoms with van der Waals surface area (Å²) in [6.07, 6.45) is 0. The normalized spacial score (nSPS) is 12.7. The van der Waals surface area contributed by atoms with E-state index in [9.17, 15) is 0 Å². The summed E-state index contributed by atoms with van der Waals surface area (Å²) in [4.78, 5) is 2.65. The second-order valence-corrected chi connectivity index (χ2v) is 39.5. The second kappa shape index (κ2) is 27.3. The van der Waals surface area contributed by atoms with Gasteiger partial charge in [0, 0.05) is 39.5 Å². The molecule has 0 radical (unpaired) electrons. The monoisotopic (exact) mass is 1440 g/mol. The SMILES string of the molecule is CC(C)(C)c1ccc2c(c1)c1cc(C(C)(C)C)ccc1n2-c1ccc2c(c1)Oc1cc([Si](c3ccccc3)(c3ccccc3)c3cccc(-c4ccccc4)c3)cc3c1B2c1cc([Si](c2ccccc2)(c2ccccc2)c2cccc(-c4ccccc4)c2)ccc1N3c1ccc(-c2ccccc2)cc1-c1ccccc1. The Hall–Kier alpha value is -12.6. The zero-order valence-corrected chi connectivity index (χ0v) is 64.9. The van der Waals surface area contributed by atoms with Crippen molar-refractivity contribution in [1.82, 2.24) is 4.57 Å². The molecule has 16 aromatic carbocycles. The van der Waals surface area contributed by atoms with E-state index in [1.807, 2.05) is 0 Å². The summed E-state index contributed by atoms with van der Waals surface area (Å²) in [5.41, 5.74) is 21.9. The Morgan fingerprint density at radius 3 is 1.13 bits per heavy atom. The largest absolute Gasteiger partial charge is 0.458 e. The molecule has 0 spiro atoms. The summed E-state index contributed by atoms with van der Waals surface area (Å²) in [6, 6.07) is 150. The highest BCUT2D eigenvalue weighted by Crippen LogP contribution is 2.47. The van der Waals surface area contributed by atoms with Gasteiger partial charge in [-0.05, 0) is 179 Å². The van der Waals surface area contributed by atoms with Crippen molar-refractivity contribution in [3.63, 3.8) is 0 Å². The minimum absolute atomic E-state index is 0.0574. The van der Waals surface area contributed by atoms with Gasteiger partial charge in [0.2, 0.25) is 0 Å². The lowest BCUT2D eigenvalue weighted by Gasteiger charge is -2.43. The van der Waals surface area contributed by atoms with Gasteiger partial charge >= 0.3 is 0 Å². The fourth-order valence-corrected chi connectivity index (χ4v) is 27.7. The summed E-state index contributed by atoms with van der Waals surface area (Å²) in [7, 11) is -6.75. The van der Waals surface area contributed by atoms with Gasteiger partial charge in [0.25, 0.3) is 6.71 Å². The molecule has 19 rings (SSSR count). The number of hydrogen-bond acceptors (Lipinski definition) is 2. The van der Waals surface area contributed by atoms with Crippen LogP contribution in [0.1, 0.15) is 52.7 Å². The van der Waals surface area contributed by atoms with Gasteiger partial charge in [0.1, 0.15) is 11.5 Å². The van der Waals surface area contributed by atoms with Gasteiger partial charge in [-0.2, -0.15) is 0 Å². The molecule has 0 amide bonds. The Kier molecular flexibility index (Phi) is 16.9. The van der Waals surface area contributed by atoms with Crippen LogP contribution >= 0.6 is 0 Å². The molecule has 2 aliphatic heterocycles. The van der Waals surface area contributed by atoms with Crippen LogP contribution in [0.3, 0.4) is 0 Å². The lowest BCUT2D eigenvalue weighted by atomic mass is 9.34. The Bertz CT molecular complexity index is 6170. The van der Waals surface area contributed by atoms with Crippen LogP contribution in [0.4, 0.5) is 17.1 Å². The number of nitrogens with zero attached hydrogens (tertiary/aromatic N) is 2. The molecule has 0 N–H and O–H groups in total. The number of benzene rings is 16. The van der Waals surface area contributed by atoms with E-state index in [1.165, 1.54) is 91.1 Å². The zero-order valence-electron chi connectivity index (χ0n) is 62.9. The van der Waals surface area contributed by atoms with Crippen molar-refractivity contribution in [2.75, 3.05) is 4.90 Å². The molecule has 0 fully saturated rings. The molecule has 0 atom stereocenters. The molecule has 0 saturated heterocycles. The van der Waals surface area contributed by atoms with Crippen LogP contribution in [0.2, 0.25) is 0 Å². The molecule has 3 heterocycles. The minimum Gasteiger partial charge on any atom is -0.458 e. The standard InChI is InChI=1S/C104H83BN2OSi2/c1-103(2,3)79-54-60-96-91(66-79)92-67-80(104(4,5)6)55-61-97(92)106(96)81-56-58-93-100(68-81)108-101-71-89(110(84-47-27-13-28-48-84,85-49-29-14-30-50-85)87-52-32-42-77(64-87)73-35-17-8-18-36-73)70-99-102(101)105(93)94-69-88(57-62-98(94)107(99)95-59-53-78(74-37-19-9-20-38-74)65-90(95)75-39-21-10-22-40-75)109(82-43-23-11-24-44-82,83-45-25-12-26-46-83)86-51-31-41-76(63-86)72-33-15-7-16-34-72/h7-71H,1-6H3. The van der Waals surface area contributed by atoms with E-state index >= 15 is 0 Å². The van der Waals surface area contributed by atoms with E-state index in [4.69, 9.17) is 4.74 Å². The topological polar surface area (TPSA) is 17.4 Å². The summed E-state index contributed by atoms with van der Waals surface area (Å²) >= 11 is 0. The molecule has 0 saturated carbocycles. The van der Waals surface area contributed by atoms with E-state index in [0.29, 0.717) is 0 Å². The van der Waals surface area contributed by atoms with Gasteiger partial charge in [0.05, 0.1) is 16.7 Å². The first kappa shape index (κ1) is 68.0. The van der Waals surface area contributed by atoms with Gasteiger partial charge in [-0.15, -0.1) is 0 Å². The van der Waals surface area contributed by atoms with E-state index < -0.39 is 16.1 Å². The molecule has 1 aromatic heterocycles. The van der Waals surface area contributed by atoms with Crippen molar-refractivity contribution in [1.29, 1.82) is 0 Å². The molecule has 2 aliphatic rings. The van der Waals surface area contributed by atoms with Crippen LogP contribution in [0.25, 0.3) is 72.0 Å². The Morgan fingerprint density at radius 1 is 0.264 bits per heavy atom. The third-order valence-corrected chi connectivity index (χ3v) is 32.9. The molecule has 3 nitrogen and oxygen atoms in total. The van der Waals surface area contributed by atoms with Crippen molar-refractivity contribution < 1.29 is 4.74 Å². The van der Waals surface area contributed by atoms with Gasteiger partial charge in [-0.3, -0.25) is 0 Å². The molecule has 0 bridgehead atoms. The molecular weight excluding hydrogens is 1360 g/mol. The van der Waals surface area contributed by atoms with E-state index in [2.05, 4.69) is 445 Å². The Labute approximate surface area is 648 Å². The summed E-state index contributed by atoms with van der Waals surface area (Å²) in [5, 5.41) is 12.8. The molecule has 0 unspecified atom stereocenters. The van der Waals surface area contributed by atoms with Crippen molar-refractivity contribution >= 4 is 120 Å². The lowest BCUT2D eigenvalue weighted by Crippen LogP contribution is -2.75. The number of hydrogen-bond donors (Lipinski definition) is 0. The predicted molar refractivity (Wildman–Crippen MR) is 473 cm³/mol. The average Bonchev–Trinajstić information content (AvgIpc) is 0.708.